The van der Waals surface area contributed by atoms with E-state index in [0.717, 1.165) is 29.9 Å². The van der Waals surface area contributed by atoms with Crippen molar-refractivity contribution in [3.05, 3.63) is 75.8 Å². The monoisotopic (exact) mass is 350 g/mol. The molecule has 2 heterocycles. The maximum Gasteiger partial charge on any atom is 0.276 e. The summed E-state index contributed by atoms with van der Waals surface area (Å²) in [6.07, 6.45) is 1.69. The van der Waals surface area contributed by atoms with E-state index in [1.54, 1.807) is 6.20 Å². The number of anilines is 1. The van der Waals surface area contributed by atoms with Gasteiger partial charge in [0, 0.05) is 42.1 Å². The molecule has 1 aromatic carbocycles. The summed E-state index contributed by atoms with van der Waals surface area (Å²) >= 11 is 0. The third kappa shape index (κ3) is 3.29. The average Bonchev–Trinajstić information content (AvgIpc) is 2.98. The van der Waals surface area contributed by atoms with Crippen LogP contribution < -0.4 is 10.5 Å². The second kappa shape index (κ2) is 7.60. The predicted octanol–water partition coefficient (Wildman–Crippen LogP) is 3.87. The Hall–Kier alpha value is -2.82. The zero-order valence-electron chi connectivity index (χ0n) is 15.9. The summed E-state index contributed by atoms with van der Waals surface area (Å²) in [6.45, 7) is 10.3. The van der Waals surface area contributed by atoms with Crippen LogP contribution in [-0.2, 0) is 0 Å². The number of aryl methyl sites for hydroxylation is 1. The molecular weight excluding hydrogens is 324 g/mol. The second-order valence-corrected chi connectivity index (χ2v) is 6.46. The van der Waals surface area contributed by atoms with Gasteiger partial charge in [0.15, 0.2) is 5.82 Å². The summed E-state index contributed by atoms with van der Waals surface area (Å²) in [5.74, 6) is 0.616. The van der Waals surface area contributed by atoms with Gasteiger partial charge in [0.1, 0.15) is 0 Å². The first-order valence-electron chi connectivity index (χ1n) is 9.14. The van der Waals surface area contributed by atoms with E-state index in [1.165, 1.54) is 10.4 Å². The van der Waals surface area contributed by atoms with Crippen LogP contribution in [0.2, 0.25) is 0 Å². The third-order valence-electron chi connectivity index (χ3n) is 4.95. The lowest BCUT2D eigenvalue weighted by atomic mass is 9.93. The molecule has 0 saturated carbocycles. The van der Waals surface area contributed by atoms with Crippen molar-refractivity contribution in [2.24, 2.45) is 0 Å². The van der Waals surface area contributed by atoms with E-state index in [4.69, 9.17) is 0 Å². The highest BCUT2D eigenvalue weighted by Gasteiger charge is 2.20. The molecule has 3 rings (SSSR count). The minimum Gasteiger partial charge on any atom is -0.372 e. The Morgan fingerprint density at radius 2 is 1.81 bits per heavy atom. The molecule has 136 valence electrons. The van der Waals surface area contributed by atoms with Crippen LogP contribution >= 0.6 is 0 Å². The molecular formula is C21H26N4O. The fourth-order valence-electron chi connectivity index (χ4n) is 3.45. The van der Waals surface area contributed by atoms with Gasteiger partial charge in [0.25, 0.3) is 5.56 Å². The molecule has 0 radical (unpaired) electrons. The molecule has 1 N–H and O–H groups in total. The Morgan fingerprint density at radius 1 is 1.12 bits per heavy atom. The maximum atomic E-state index is 13.0. The van der Waals surface area contributed by atoms with E-state index in [9.17, 15) is 4.79 Å². The number of hydrogen-bond acceptors (Lipinski definition) is 3. The van der Waals surface area contributed by atoms with Gasteiger partial charge in [-0.15, -0.1) is 0 Å². The summed E-state index contributed by atoms with van der Waals surface area (Å²) in [6, 6.07) is 14.1. The van der Waals surface area contributed by atoms with Crippen molar-refractivity contribution < 1.29 is 0 Å². The predicted molar refractivity (Wildman–Crippen MR) is 106 cm³/mol. The van der Waals surface area contributed by atoms with Crippen LogP contribution in [0.15, 0.2) is 53.5 Å². The minimum atomic E-state index is -0.0403. The minimum absolute atomic E-state index is 0.00876. The summed E-state index contributed by atoms with van der Waals surface area (Å²) in [5.41, 5.74) is 3.96. The number of H-pyrrole nitrogens is 1. The maximum absolute atomic E-state index is 13.0. The van der Waals surface area contributed by atoms with Gasteiger partial charge in [-0.3, -0.25) is 9.89 Å². The summed E-state index contributed by atoms with van der Waals surface area (Å²) in [7, 11) is 0. The molecule has 5 heteroatoms. The zero-order chi connectivity index (χ0) is 18.7. The van der Waals surface area contributed by atoms with Gasteiger partial charge in [-0.1, -0.05) is 25.1 Å². The number of aromatic nitrogens is 3. The third-order valence-corrected chi connectivity index (χ3v) is 4.95. The first-order valence-corrected chi connectivity index (χ1v) is 9.14. The SMILES string of the molecule is CCN(CC)c1ccc(C(C)c2c(C)[nH]n(-c3ccccn3)c2=O)cc1. The number of rotatable bonds is 6. The molecule has 0 saturated heterocycles. The topological polar surface area (TPSA) is 53.9 Å². The van der Waals surface area contributed by atoms with Crippen LogP contribution in [-0.4, -0.2) is 27.9 Å². The van der Waals surface area contributed by atoms with Gasteiger partial charge in [-0.05, 0) is 50.6 Å². The lowest BCUT2D eigenvalue weighted by molar-refractivity contribution is 0.804. The smallest absolute Gasteiger partial charge is 0.276 e. The summed E-state index contributed by atoms with van der Waals surface area (Å²) in [4.78, 5) is 19.5. The van der Waals surface area contributed by atoms with E-state index in [0.29, 0.717) is 5.82 Å². The zero-order valence-corrected chi connectivity index (χ0v) is 15.9. The first-order chi connectivity index (χ1) is 12.6. The lowest BCUT2D eigenvalue weighted by Gasteiger charge is -2.21. The summed E-state index contributed by atoms with van der Waals surface area (Å²) < 4.78 is 1.52. The molecule has 0 spiro atoms. The number of nitrogens with zero attached hydrogens (tertiary/aromatic N) is 3. The number of pyridine rings is 1. The van der Waals surface area contributed by atoms with Crippen molar-refractivity contribution in [2.45, 2.75) is 33.6 Å². The van der Waals surface area contributed by atoms with Crippen molar-refractivity contribution in [3.8, 4) is 5.82 Å². The van der Waals surface area contributed by atoms with E-state index in [-0.39, 0.29) is 11.5 Å². The molecule has 0 fully saturated rings. The van der Waals surface area contributed by atoms with Crippen molar-refractivity contribution in [1.29, 1.82) is 0 Å². The number of aromatic amines is 1. The quantitative estimate of drug-likeness (QED) is 0.734. The fraction of sp³-hybridized carbons (Fsp3) is 0.333. The van der Waals surface area contributed by atoms with Gasteiger partial charge in [-0.2, -0.15) is 0 Å². The Bertz CT molecular complexity index is 905. The van der Waals surface area contributed by atoms with E-state index in [1.807, 2.05) is 25.1 Å². The number of hydrogen-bond donors (Lipinski definition) is 1. The molecule has 2 aromatic heterocycles. The van der Waals surface area contributed by atoms with Crippen LogP contribution in [0, 0.1) is 6.92 Å². The van der Waals surface area contributed by atoms with E-state index in [2.05, 4.69) is 60.0 Å². The van der Waals surface area contributed by atoms with Gasteiger partial charge in [-0.25, -0.2) is 9.67 Å². The van der Waals surface area contributed by atoms with Crippen LogP contribution in [0.4, 0.5) is 5.69 Å². The highest BCUT2D eigenvalue weighted by molar-refractivity contribution is 5.49. The van der Waals surface area contributed by atoms with Gasteiger partial charge >= 0.3 is 0 Å². The molecule has 0 aliphatic heterocycles. The van der Waals surface area contributed by atoms with E-state index < -0.39 is 0 Å². The Morgan fingerprint density at radius 3 is 2.38 bits per heavy atom. The van der Waals surface area contributed by atoms with Crippen LogP contribution in [0.5, 0.6) is 0 Å². The van der Waals surface area contributed by atoms with Gasteiger partial charge in [0.05, 0.1) is 0 Å². The largest absolute Gasteiger partial charge is 0.372 e. The second-order valence-electron chi connectivity index (χ2n) is 6.46. The molecule has 1 unspecified atom stereocenters. The first kappa shape index (κ1) is 18.0. The molecule has 0 aliphatic carbocycles. The number of benzene rings is 1. The molecule has 1 atom stereocenters. The average molecular weight is 350 g/mol. The van der Waals surface area contributed by atoms with Crippen molar-refractivity contribution in [1.82, 2.24) is 14.8 Å². The molecule has 0 amide bonds. The van der Waals surface area contributed by atoms with Gasteiger partial charge < -0.3 is 4.90 Å². The van der Waals surface area contributed by atoms with Crippen LogP contribution in [0.1, 0.15) is 43.5 Å². The molecule has 3 aromatic rings. The van der Waals surface area contributed by atoms with Crippen LogP contribution in [0.3, 0.4) is 0 Å². The lowest BCUT2D eigenvalue weighted by Crippen LogP contribution is -2.22. The van der Waals surface area contributed by atoms with Crippen molar-refractivity contribution >= 4 is 5.69 Å². The Kier molecular flexibility index (Phi) is 5.26. The highest BCUT2D eigenvalue weighted by Crippen LogP contribution is 2.26. The summed E-state index contributed by atoms with van der Waals surface area (Å²) in [5, 5.41) is 3.16. The molecule has 26 heavy (non-hydrogen) atoms. The standard InChI is InChI=1S/C21H26N4O/c1-5-24(6-2)18-12-10-17(11-13-18)15(3)20-16(4)23-25(21(20)26)19-9-7-8-14-22-19/h7-15,23H,5-6H2,1-4H3. The van der Waals surface area contributed by atoms with Crippen LogP contribution in [0.25, 0.3) is 5.82 Å². The van der Waals surface area contributed by atoms with Crippen molar-refractivity contribution in [2.75, 3.05) is 18.0 Å². The Balaban J connectivity index is 1.95. The molecule has 0 bridgehead atoms. The fourth-order valence-corrected chi connectivity index (χ4v) is 3.45. The van der Waals surface area contributed by atoms with Crippen molar-refractivity contribution in [3.63, 3.8) is 0 Å². The Labute approximate surface area is 154 Å². The highest BCUT2D eigenvalue weighted by atomic mass is 16.1. The normalized spacial score (nSPS) is 12.2. The van der Waals surface area contributed by atoms with Gasteiger partial charge in [0.2, 0.25) is 0 Å². The van der Waals surface area contributed by atoms with E-state index >= 15 is 0 Å². The molecule has 5 nitrogen and oxygen atoms in total. The number of nitrogens with one attached hydrogen (secondary N) is 1. The molecule has 0 aliphatic rings.